The maximum absolute atomic E-state index is 10.8. The van der Waals surface area contributed by atoms with Crippen LogP contribution in [0.4, 0.5) is 0 Å². The normalized spacial score (nSPS) is 9.52. The van der Waals surface area contributed by atoms with E-state index in [1.54, 1.807) is 24.8 Å². The Morgan fingerprint density at radius 2 is 0.704 bits per heavy atom. The van der Waals surface area contributed by atoms with Gasteiger partial charge >= 0.3 is 34.1 Å². The van der Waals surface area contributed by atoms with Crippen molar-refractivity contribution in [1.82, 2.24) is 19.9 Å². The van der Waals surface area contributed by atoms with Gasteiger partial charge in [0.25, 0.3) is 0 Å². The number of carboxylic acid groups (broad SMARTS) is 2. The maximum atomic E-state index is 10.8. The van der Waals surface area contributed by atoms with Crippen LogP contribution in [0.2, 0.25) is 10.0 Å². The molecule has 0 aliphatic rings. The fourth-order valence-corrected chi connectivity index (χ4v) is 5.01. The molecule has 0 saturated heterocycles. The van der Waals surface area contributed by atoms with Gasteiger partial charge in [-0.2, -0.15) is 0 Å². The molecule has 0 unspecified atom stereocenters. The van der Waals surface area contributed by atoms with Crippen molar-refractivity contribution in [3.05, 3.63) is 155 Å². The van der Waals surface area contributed by atoms with Crippen LogP contribution in [0, 0.1) is 0 Å². The van der Waals surface area contributed by atoms with Crippen molar-refractivity contribution in [3.63, 3.8) is 0 Å². The fraction of sp³-hybridized carbons (Fsp3) is 0. The summed E-state index contributed by atoms with van der Waals surface area (Å²) in [7, 11) is 0. The molecule has 12 nitrogen and oxygen atoms in total. The van der Waals surface area contributed by atoms with E-state index >= 15 is 0 Å². The zero-order valence-electron chi connectivity index (χ0n) is 27.3. The predicted molar refractivity (Wildman–Crippen MR) is 192 cm³/mol. The van der Waals surface area contributed by atoms with Gasteiger partial charge in [0.05, 0.1) is 34.0 Å². The van der Waals surface area contributed by atoms with E-state index in [1.165, 1.54) is 12.1 Å². The molecule has 0 amide bonds. The predicted octanol–water partition coefficient (Wildman–Crippen LogP) is 3.47. The van der Waals surface area contributed by atoms with Crippen LogP contribution >= 0.6 is 23.2 Å². The summed E-state index contributed by atoms with van der Waals surface area (Å²) >= 11 is 10.8. The van der Waals surface area contributed by atoms with Gasteiger partial charge in [0.1, 0.15) is 0 Å². The fourth-order valence-electron chi connectivity index (χ4n) is 4.69. The monoisotopic (exact) mass is 862 g/mol. The SMILES string of the molecule is O.O.O=C([O-])c1ccc(Cl)cc1[O-].O=C([O-])c1ccc(Cl)cc1[O-].[Cu+2].[Cu+2].c1cnc2c(c1)ccc1cccnc12.c1cnc2c(c1)ccc1cccnc12. The van der Waals surface area contributed by atoms with Crippen molar-refractivity contribution in [2.75, 3.05) is 0 Å². The zero-order chi connectivity index (χ0) is 35.6. The summed E-state index contributed by atoms with van der Waals surface area (Å²) in [4.78, 5) is 37.7. The van der Waals surface area contributed by atoms with Gasteiger partial charge < -0.3 is 41.0 Å². The summed E-state index contributed by atoms with van der Waals surface area (Å²) < 4.78 is 0. The summed E-state index contributed by atoms with van der Waals surface area (Å²) in [6.07, 6.45) is 7.21. The van der Waals surface area contributed by atoms with E-state index < -0.39 is 23.4 Å². The molecule has 0 fully saturated rings. The second-order valence-corrected chi connectivity index (χ2v) is 11.2. The molecule has 54 heavy (non-hydrogen) atoms. The third-order valence-electron chi connectivity index (χ3n) is 7.02. The molecule has 2 radical (unpaired) electrons. The summed E-state index contributed by atoms with van der Waals surface area (Å²) in [5, 5.41) is 46.9. The number of aromatic nitrogens is 4. The Labute approximate surface area is 338 Å². The number of carbonyl (C=O) groups is 2. The van der Waals surface area contributed by atoms with E-state index in [0.29, 0.717) is 0 Å². The van der Waals surface area contributed by atoms with Gasteiger partial charge in [-0.15, -0.1) is 0 Å². The molecular formula is C38H26Cl2Cu2N4O8. The van der Waals surface area contributed by atoms with Gasteiger partial charge in [0.15, 0.2) is 0 Å². The summed E-state index contributed by atoms with van der Waals surface area (Å²) in [5.41, 5.74) is 3.18. The van der Waals surface area contributed by atoms with Crippen LogP contribution in [0.25, 0.3) is 43.6 Å². The average molecular weight is 865 g/mol. The van der Waals surface area contributed by atoms with Gasteiger partial charge in [-0.3, -0.25) is 19.9 Å². The van der Waals surface area contributed by atoms with Crippen molar-refractivity contribution in [3.8, 4) is 11.5 Å². The Morgan fingerprint density at radius 3 is 0.926 bits per heavy atom. The molecule has 4 heterocycles. The maximum Gasteiger partial charge on any atom is 2.00 e. The first kappa shape index (κ1) is 46.6. The average Bonchev–Trinajstić information content (AvgIpc) is 3.12. The topological polar surface area (TPSA) is 241 Å². The van der Waals surface area contributed by atoms with E-state index in [4.69, 9.17) is 23.2 Å². The third kappa shape index (κ3) is 11.8. The van der Waals surface area contributed by atoms with E-state index in [1.807, 2.05) is 24.3 Å². The molecule has 8 aromatic rings. The largest absolute Gasteiger partial charge is 2.00 e. The molecule has 0 bridgehead atoms. The van der Waals surface area contributed by atoms with Crippen molar-refractivity contribution < 1.29 is 75.1 Å². The third-order valence-corrected chi connectivity index (χ3v) is 7.49. The van der Waals surface area contributed by atoms with E-state index in [2.05, 4.69) is 68.5 Å². The van der Waals surface area contributed by atoms with Crippen LogP contribution in [0.5, 0.6) is 11.5 Å². The van der Waals surface area contributed by atoms with Crippen LogP contribution in [-0.4, -0.2) is 42.8 Å². The minimum absolute atomic E-state index is 0. The van der Waals surface area contributed by atoms with Gasteiger partial charge in [-0.1, -0.05) is 107 Å². The number of pyridine rings is 4. The molecule has 4 aromatic heterocycles. The smallest absolute Gasteiger partial charge is 0.872 e. The Hall–Kier alpha value is -5.40. The van der Waals surface area contributed by atoms with Gasteiger partial charge in [0, 0.05) is 56.4 Å². The second-order valence-electron chi connectivity index (χ2n) is 10.3. The molecule has 0 spiro atoms. The zero-order valence-corrected chi connectivity index (χ0v) is 30.7. The molecule has 282 valence electrons. The number of aromatic carboxylic acids is 2. The quantitative estimate of drug-likeness (QED) is 0.181. The molecule has 0 saturated carbocycles. The van der Waals surface area contributed by atoms with Crippen molar-refractivity contribution in [2.45, 2.75) is 0 Å². The van der Waals surface area contributed by atoms with E-state index in [0.717, 1.165) is 67.9 Å². The number of halogens is 2. The molecule has 0 aliphatic heterocycles. The molecule has 16 heteroatoms. The second kappa shape index (κ2) is 22.0. The number of hydrogen-bond acceptors (Lipinski definition) is 10. The minimum Gasteiger partial charge on any atom is -0.872 e. The number of carbonyl (C=O) groups excluding carboxylic acids is 2. The van der Waals surface area contributed by atoms with Crippen LogP contribution in [0.15, 0.2) is 134 Å². The standard InChI is InChI=1S/2C12H8N2.2C7H5ClO3.2Cu.2H2O/c2*1-3-9-5-6-10-4-2-8-14-12(10)11(9)13-7-1;2*8-4-1-2-5(7(10)11)6(9)3-4;;;;/h2*1-8H;2*1-3,9H,(H,10,11);;;2*1H2/q;;;;2*+2;;/p-4. The number of rotatable bonds is 2. The van der Waals surface area contributed by atoms with Gasteiger partial charge in [-0.25, -0.2) is 0 Å². The molecule has 4 N–H and O–H groups in total. The number of nitrogens with zero attached hydrogens (tertiary/aromatic N) is 4. The summed E-state index contributed by atoms with van der Waals surface area (Å²) in [6.45, 7) is 0. The molecule has 8 rings (SSSR count). The minimum atomic E-state index is -1.48. The number of carboxylic acids is 2. The Kier molecular flexibility index (Phi) is 19.0. The van der Waals surface area contributed by atoms with Crippen LogP contribution in [-0.2, 0) is 34.1 Å². The van der Waals surface area contributed by atoms with Crippen molar-refractivity contribution in [1.29, 1.82) is 0 Å². The van der Waals surface area contributed by atoms with Crippen molar-refractivity contribution >= 4 is 78.8 Å². The Bertz CT molecular complexity index is 2210. The first-order chi connectivity index (χ1) is 24.1. The first-order valence-corrected chi connectivity index (χ1v) is 15.4. The molecule has 0 atom stereocenters. The van der Waals surface area contributed by atoms with Crippen LogP contribution in [0.3, 0.4) is 0 Å². The van der Waals surface area contributed by atoms with Crippen molar-refractivity contribution in [2.24, 2.45) is 0 Å². The summed E-state index contributed by atoms with van der Waals surface area (Å²) in [6, 6.07) is 31.3. The Balaban J connectivity index is 0.000000354. The number of fused-ring (bicyclic) bond motifs is 6. The summed E-state index contributed by atoms with van der Waals surface area (Å²) in [5.74, 6) is -4.21. The number of benzene rings is 4. The molecule has 0 aliphatic carbocycles. The van der Waals surface area contributed by atoms with Crippen LogP contribution < -0.4 is 20.4 Å². The Morgan fingerprint density at radius 1 is 0.444 bits per heavy atom. The van der Waals surface area contributed by atoms with Crippen LogP contribution in [0.1, 0.15) is 20.7 Å². The first-order valence-electron chi connectivity index (χ1n) is 14.6. The van der Waals surface area contributed by atoms with E-state index in [9.17, 15) is 30.0 Å². The van der Waals surface area contributed by atoms with E-state index in [-0.39, 0.29) is 66.3 Å². The van der Waals surface area contributed by atoms with Gasteiger partial charge in [-0.05, 0) is 47.5 Å². The molecule has 4 aromatic carbocycles. The number of hydrogen-bond donors (Lipinski definition) is 0. The van der Waals surface area contributed by atoms with Gasteiger partial charge in [0.2, 0.25) is 0 Å². The molecular weight excluding hydrogens is 838 g/mol.